The lowest BCUT2D eigenvalue weighted by Gasteiger charge is -2.08. The van der Waals surface area contributed by atoms with Gasteiger partial charge in [-0.25, -0.2) is 8.78 Å². The molecule has 0 aliphatic carbocycles. The maximum Gasteiger partial charge on any atom is 0.295 e. The number of benzene rings is 1. The molecule has 2 aromatic rings. The lowest BCUT2D eigenvalue weighted by atomic mass is 10.2. The Kier molecular flexibility index (Phi) is 3.87. The SMILES string of the molecule is Cn1cnnc1CCNc1c([N+](=O)[O-])ccc(F)c1F. The number of hydrogen-bond acceptors (Lipinski definition) is 5. The topological polar surface area (TPSA) is 85.9 Å². The summed E-state index contributed by atoms with van der Waals surface area (Å²) in [5.74, 6) is -1.79. The van der Waals surface area contributed by atoms with Crippen LogP contribution in [0, 0.1) is 21.7 Å². The average molecular weight is 283 g/mol. The van der Waals surface area contributed by atoms with E-state index in [1.165, 1.54) is 6.33 Å². The second-order valence-corrected chi connectivity index (χ2v) is 4.05. The van der Waals surface area contributed by atoms with Crippen molar-refractivity contribution in [2.75, 3.05) is 11.9 Å². The van der Waals surface area contributed by atoms with E-state index in [4.69, 9.17) is 0 Å². The van der Waals surface area contributed by atoms with Crippen molar-refractivity contribution in [1.82, 2.24) is 14.8 Å². The van der Waals surface area contributed by atoms with Crippen LogP contribution < -0.4 is 5.32 Å². The largest absolute Gasteiger partial charge is 0.377 e. The second-order valence-electron chi connectivity index (χ2n) is 4.05. The molecule has 0 amide bonds. The van der Waals surface area contributed by atoms with Crippen LogP contribution >= 0.6 is 0 Å². The van der Waals surface area contributed by atoms with Crippen LogP contribution in [-0.2, 0) is 13.5 Å². The molecular weight excluding hydrogens is 272 g/mol. The molecule has 0 radical (unpaired) electrons. The summed E-state index contributed by atoms with van der Waals surface area (Å²) in [5.41, 5.74) is -0.973. The van der Waals surface area contributed by atoms with Crippen molar-refractivity contribution in [3.63, 3.8) is 0 Å². The lowest BCUT2D eigenvalue weighted by molar-refractivity contribution is -0.384. The molecule has 20 heavy (non-hydrogen) atoms. The molecule has 1 heterocycles. The molecule has 1 aromatic heterocycles. The van der Waals surface area contributed by atoms with Crippen LogP contribution in [-0.4, -0.2) is 26.2 Å². The number of rotatable bonds is 5. The Labute approximate surface area is 112 Å². The van der Waals surface area contributed by atoms with Gasteiger partial charge in [0.2, 0.25) is 0 Å². The quantitative estimate of drug-likeness (QED) is 0.666. The van der Waals surface area contributed by atoms with Crippen LogP contribution in [0.15, 0.2) is 18.5 Å². The molecule has 0 unspecified atom stereocenters. The molecule has 9 heteroatoms. The van der Waals surface area contributed by atoms with Gasteiger partial charge in [-0.3, -0.25) is 10.1 Å². The molecule has 1 aromatic carbocycles. The zero-order valence-corrected chi connectivity index (χ0v) is 10.5. The Bertz CT molecular complexity index is 644. The molecule has 0 fully saturated rings. The van der Waals surface area contributed by atoms with E-state index < -0.39 is 27.9 Å². The van der Waals surface area contributed by atoms with Gasteiger partial charge in [0.25, 0.3) is 5.69 Å². The fourth-order valence-corrected chi connectivity index (χ4v) is 1.69. The van der Waals surface area contributed by atoms with Gasteiger partial charge in [-0.05, 0) is 6.07 Å². The fraction of sp³-hybridized carbons (Fsp3) is 0.273. The Morgan fingerprint density at radius 1 is 1.45 bits per heavy atom. The minimum Gasteiger partial charge on any atom is -0.377 e. The van der Waals surface area contributed by atoms with Gasteiger partial charge in [-0.1, -0.05) is 0 Å². The first-order chi connectivity index (χ1) is 9.50. The highest BCUT2D eigenvalue weighted by molar-refractivity contribution is 5.62. The highest BCUT2D eigenvalue weighted by atomic mass is 19.2. The van der Waals surface area contributed by atoms with Gasteiger partial charge >= 0.3 is 0 Å². The third-order valence-electron chi connectivity index (χ3n) is 2.73. The molecular formula is C11H11F2N5O2. The maximum absolute atomic E-state index is 13.6. The summed E-state index contributed by atoms with van der Waals surface area (Å²) in [5, 5.41) is 20.8. The standard InChI is InChI=1S/C11H11F2N5O2/c1-17-6-15-16-9(17)4-5-14-11-8(18(19)20)3-2-7(12)10(11)13/h2-3,6,14H,4-5H2,1H3. The van der Waals surface area contributed by atoms with Crippen LogP contribution in [0.4, 0.5) is 20.2 Å². The average Bonchev–Trinajstić information content (AvgIpc) is 2.80. The normalized spacial score (nSPS) is 10.6. The minimum atomic E-state index is -1.27. The second kappa shape index (κ2) is 5.59. The first-order valence-electron chi connectivity index (χ1n) is 5.70. The van der Waals surface area contributed by atoms with Crippen molar-refractivity contribution in [1.29, 1.82) is 0 Å². The van der Waals surface area contributed by atoms with Gasteiger partial charge in [0.1, 0.15) is 12.2 Å². The third-order valence-corrected chi connectivity index (χ3v) is 2.73. The summed E-state index contributed by atoms with van der Waals surface area (Å²) in [6.45, 7) is 0.160. The summed E-state index contributed by atoms with van der Waals surface area (Å²) >= 11 is 0. The molecule has 7 nitrogen and oxygen atoms in total. The van der Waals surface area contributed by atoms with E-state index in [0.29, 0.717) is 12.2 Å². The van der Waals surface area contributed by atoms with Crippen LogP contribution in [0.5, 0.6) is 0 Å². The third kappa shape index (κ3) is 2.71. The van der Waals surface area contributed by atoms with Crippen molar-refractivity contribution >= 4 is 11.4 Å². The van der Waals surface area contributed by atoms with Crippen molar-refractivity contribution < 1.29 is 13.7 Å². The molecule has 2 rings (SSSR count). The van der Waals surface area contributed by atoms with Crippen molar-refractivity contribution in [2.24, 2.45) is 7.05 Å². The molecule has 0 atom stereocenters. The number of nitro groups is 1. The first kappa shape index (κ1) is 13.8. The van der Waals surface area contributed by atoms with Gasteiger partial charge in [-0.15, -0.1) is 10.2 Å². The Balaban J connectivity index is 2.14. The molecule has 106 valence electrons. The van der Waals surface area contributed by atoms with Crippen molar-refractivity contribution in [2.45, 2.75) is 6.42 Å². The monoisotopic (exact) mass is 283 g/mol. The summed E-state index contributed by atoms with van der Waals surface area (Å²) in [6, 6.07) is 1.64. The summed E-state index contributed by atoms with van der Waals surface area (Å²) in [7, 11) is 1.74. The van der Waals surface area contributed by atoms with Gasteiger partial charge in [0.15, 0.2) is 17.3 Å². The summed E-state index contributed by atoms with van der Waals surface area (Å²) in [4.78, 5) is 10.0. The zero-order valence-electron chi connectivity index (χ0n) is 10.5. The van der Waals surface area contributed by atoms with E-state index in [-0.39, 0.29) is 6.54 Å². The summed E-state index contributed by atoms with van der Waals surface area (Å²) in [6.07, 6.45) is 1.87. The lowest BCUT2D eigenvalue weighted by Crippen LogP contribution is -2.11. The van der Waals surface area contributed by atoms with Gasteiger partial charge in [0, 0.05) is 26.1 Å². The van der Waals surface area contributed by atoms with E-state index in [1.54, 1.807) is 11.6 Å². The van der Waals surface area contributed by atoms with E-state index >= 15 is 0 Å². The van der Waals surface area contributed by atoms with Crippen LogP contribution in [0.25, 0.3) is 0 Å². The molecule has 0 aliphatic heterocycles. The summed E-state index contributed by atoms with van der Waals surface area (Å²) < 4.78 is 28.4. The van der Waals surface area contributed by atoms with E-state index in [1.807, 2.05) is 0 Å². The number of halogens is 2. The first-order valence-corrected chi connectivity index (χ1v) is 5.70. The number of anilines is 1. The Morgan fingerprint density at radius 2 is 2.20 bits per heavy atom. The van der Waals surface area contributed by atoms with Crippen molar-refractivity contribution in [3.8, 4) is 0 Å². The van der Waals surface area contributed by atoms with E-state index in [9.17, 15) is 18.9 Å². The Hall–Kier alpha value is -2.58. The van der Waals surface area contributed by atoms with Gasteiger partial charge < -0.3 is 9.88 Å². The molecule has 0 bridgehead atoms. The van der Waals surface area contributed by atoms with Crippen LogP contribution in [0.3, 0.4) is 0 Å². The number of nitrogens with one attached hydrogen (secondary N) is 1. The molecule has 0 saturated heterocycles. The van der Waals surface area contributed by atoms with E-state index in [2.05, 4.69) is 15.5 Å². The minimum absolute atomic E-state index is 0.160. The fourth-order valence-electron chi connectivity index (χ4n) is 1.69. The smallest absolute Gasteiger partial charge is 0.295 e. The highest BCUT2D eigenvalue weighted by Crippen LogP contribution is 2.28. The number of hydrogen-bond donors (Lipinski definition) is 1. The molecule has 0 spiro atoms. The predicted molar refractivity (Wildman–Crippen MR) is 66.2 cm³/mol. The number of nitrogens with zero attached hydrogens (tertiary/aromatic N) is 4. The Morgan fingerprint density at radius 3 is 2.80 bits per heavy atom. The van der Waals surface area contributed by atoms with Gasteiger partial charge in [-0.2, -0.15) is 0 Å². The molecule has 0 saturated carbocycles. The molecule has 1 N–H and O–H groups in total. The highest BCUT2D eigenvalue weighted by Gasteiger charge is 2.21. The molecule has 0 aliphatic rings. The van der Waals surface area contributed by atoms with Crippen LogP contribution in [0.2, 0.25) is 0 Å². The van der Waals surface area contributed by atoms with Crippen molar-refractivity contribution in [3.05, 3.63) is 46.0 Å². The number of aromatic nitrogens is 3. The predicted octanol–water partition coefficient (Wildman–Crippen LogP) is 1.66. The maximum atomic E-state index is 13.6. The van der Waals surface area contributed by atoms with Gasteiger partial charge in [0.05, 0.1) is 4.92 Å². The van der Waals surface area contributed by atoms with Crippen LogP contribution in [0.1, 0.15) is 5.82 Å². The number of nitro benzene ring substituents is 1. The zero-order chi connectivity index (χ0) is 14.7. The van der Waals surface area contributed by atoms with E-state index in [0.717, 1.165) is 12.1 Å². The number of aryl methyl sites for hydroxylation is 1.